The van der Waals surface area contributed by atoms with Crippen LogP contribution in [-0.4, -0.2) is 14.5 Å². The van der Waals surface area contributed by atoms with Gasteiger partial charge in [0.05, 0.1) is 5.56 Å². The Morgan fingerprint density at radius 2 is 2.05 bits per heavy atom. The second-order valence-corrected chi connectivity index (χ2v) is 4.39. The van der Waals surface area contributed by atoms with E-state index in [1.807, 2.05) is 6.92 Å². The van der Waals surface area contributed by atoms with Gasteiger partial charge in [0.25, 0.3) is 0 Å². The number of aromatic nitrogens is 3. The summed E-state index contributed by atoms with van der Waals surface area (Å²) in [5, 5.41) is -0.194. The molecule has 0 spiro atoms. The van der Waals surface area contributed by atoms with E-state index in [9.17, 15) is 13.2 Å². The van der Waals surface area contributed by atoms with Crippen LogP contribution >= 0.6 is 11.6 Å². The van der Waals surface area contributed by atoms with Crippen LogP contribution in [0.1, 0.15) is 24.7 Å². The Morgan fingerprint density at radius 3 is 2.68 bits per heavy atom. The fourth-order valence-corrected chi connectivity index (χ4v) is 1.93. The first-order valence-corrected chi connectivity index (χ1v) is 6.07. The molecule has 0 saturated carbocycles. The Morgan fingerprint density at radius 1 is 1.32 bits per heavy atom. The molecule has 2 aromatic rings. The van der Waals surface area contributed by atoms with Gasteiger partial charge in [0.15, 0.2) is 0 Å². The summed E-state index contributed by atoms with van der Waals surface area (Å²) in [6.07, 6.45) is 0.143. The summed E-state index contributed by atoms with van der Waals surface area (Å²) < 4.78 is 39.7. The Bertz CT molecular complexity index is 578. The van der Waals surface area contributed by atoms with Crippen LogP contribution in [0.4, 0.5) is 13.2 Å². The lowest BCUT2D eigenvalue weighted by Crippen LogP contribution is -2.09. The standard InChI is InChI=1S/C12H11ClF3N3/c1-2-3-10-17-4-5-19(10)11-7-8(12(14,15)16)6-9(13)18-11/h4-7H,2-3H2,1H3. The minimum atomic E-state index is -4.45. The Kier molecular flexibility index (Phi) is 3.80. The van der Waals surface area contributed by atoms with E-state index in [1.165, 1.54) is 10.8 Å². The third kappa shape index (κ3) is 3.07. The lowest BCUT2D eigenvalue weighted by atomic mass is 10.2. The zero-order valence-corrected chi connectivity index (χ0v) is 10.8. The Hall–Kier alpha value is -1.56. The molecule has 0 unspecified atom stereocenters. The summed E-state index contributed by atoms with van der Waals surface area (Å²) in [5.41, 5.74) is -0.821. The van der Waals surface area contributed by atoms with E-state index in [0.717, 1.165) is 18.6 Å². The lowest BCUT2D eigenvalue weighted by molar-refractivity contribution is -0.137. The van der Waals surface area contributed by atoms with Gasteiger partial charge >= 0.3 is 6.18 Å². The molecule has 0 aromatic carbocycles. The molecule has 19 heavy (non-hydrogen) atoms. The fourth-order valence-electron chi connectivity index (χ4n) is 1.72. The van der Waals surface area contributed by atoms with Crippen LogP contribution in [0.5, 0.6) is 0 Å². The molecule has 2 heterocycles. The second-order valence-electron chi connectivity index (χ2n) is 4.00. The molecule has 2 rings (SSSR count). The van der Waals surface area contributed by atoms with Gasteiger partial charge in [-0.1, -0.05) is 18.5 Å². The fraction of sp³-hybridized carbons (Fsp3) is 0.333. The van der Waals surface area contributed by atoms with Crippen molar-refractivity contribution >= 4 is 11.6 Å². The number of hydrogen-bond donors (Lipinski definition) is 0. The van der Waals surface area contributed by atoms with Crippen molar-refractivity contribution in [3.8, 4) is 5.82 Å². The molecular weight excluding hydrogens is 279 g/mol. The summed E-state index contributed by atoms with van der Waals surface area (Å²) in [6.45, 7) is 1.96. The van der Waals surface area contributed by atoms with Gasteiger partial charge in [-0.05, 0) is 18.6 Å². The van der Waals surface area contributed by atoms with Crippen LogP contribution in [0, 0.1) is 0 Å². The minimum absolute atomic E-state index is 0.126. The van der Waals surface area contributed by atoms with Gasteiger partial charge < -0.3 is 0 Å². The highest BCUT2D eigenvalue weighted by Gasteiger charge is 2.31. The molecule has 0 saturated heterocycles. The molecule has 3 nitrogen and oxygen atoms in total. The molecule has 0 N–H and O–H groups in total. The van der Waals surface area contributed by atoms with Crippen molar-refractivity contribution in [3.63, 3.8) is 0 Å². The molecule has 0 amide bonds. The van der Waals surface area contributed by atoms with Gasteiger partial charge in [0, 0.05) is 18.8 Å². The van der Waals surface area contributed by atoms with Gasteiger partial charge in [-0.3, -0.25) is 4.57 Å². The van der Waals surface area contributed by atoms with Gasteiger partial charge in [-0.2, -0.15) is 13.2 Å². The van der Waals surface area contributed by atoms with Gasteiger partial charge in [0.1, 0.15) is 16.8 Å². The van der Waals surface area contributed by atoms with Gasteiger partial charge in [-0.25, -0.2) is 9.97 Å². The summed E-state index contributed by atoms with van der Waals surface area (Å²) in [6, 6.07) is 1.77. The summed E-state index contributed by atoms with van der Waals surface area (Å²) >= 11 is 5.66. The van der Waals surface area contributed by atoms with Crippen LogP contribution in [0.2, 0.25) is 5.15 Å². The van der Waals surface area contributed by atoms with Crippen LogP contribution in [-0.2, 0) is 12.6 Å². The topological polar surface area (TPSA) is 30.7 Å². The average Bonchev–Trinajstić information content (AvgIpc) is 2.76. The molecule has 0 bridgehead atoms. The van der Waals surface area contributed by atoms with Crippen molar-refractivity contribution in [3.05, 3.63) is 41.1 Å². The average molecular weight is 290 g/mol. The molecule has 0 fully saturated rings. The summed E-state index contributed by atoms with van der Waals surface area (Å²) in [5.74, 6) is 0.783. The van der Waals surface area contributed by atoms with E-state index in [1.54, 1.807) is 6.20 Å². The maximum atomic E-state index is 12.7. The lowest BCUT2D eigenvalue weighted by Gasteiger charge is -2.11. The first kappa shape index (κ1) is 13.9. The van der Waals surface area contributed by atoms with Crippen LogP contribution in [0.25, 0.3) is 5.82 Å². The number of hydrogen-bond acceptors (Lipinski definition) is 2. The highest BCUT2D eigenvalue weighted by atomic mass is 35.5. The van der Waals surface area contributed by atoms with E-state index < -0.39 is 11.7 Å². The van der Waals surface area contributed by atoms with Crippen molar-refractivity contribution < 1.29 is 13.2 Å². The largest absolute Gasteiger partial charge is 0.416 e. The number of alkyl halides is 3. The van der Waals surface area contributed by atoms with E-state index >= 15 is 0 Å². The molecule has 102 valence electrons. The van der Waals surface area contributed by atoms with Crippen LogP contribution < -0.4 is 0 Å². The zero-order chi connectivity index (χ0) is 14.0. The first-order chi connectivity index (χ1) is 8.91. The molecule has 0 aliphatic rings. The number of nitrogens with zero attached hydrogens (tertiary/aromatic N) is 3. The maximum Gasteiger partial charge on any atom is 0.416 e. The van der Waals surface area contributed by atoms with Crippen molar-refractivity contribution in [2.24, 2.45) is 0 Å². The first-order valence-electron chi connectivity index (χ1n) is 5.69. The quantitative estimate of drug-likeness (QED) is 0.803. The molecule has 0 aliphatic heterocycles. The molecule has 0 radical (unpaired) electrons. The molecule has 2 aromatic heterocycles. The molecule has 0 atom stereocenters. The number of pyridine rings is 1. The number of imidazole rings is 1. The highest BCUT2D eigenvalue weighted by Crippen LogP contribution is 2.31. The summed E-state index contributed by atoms with van der Waals surface area (Å²) in [7, 11) is 0. The Labute approximate surface area is 113 Å². The third-order valence-electron chi connectivity index (χ3n) is 2.55. The van der Waals surface area contributed by atoms with E-state index in [-0.39, 0.29) is 11.0 Å². The molecular formula is C12H11ClF3N3. The van der Waals surface area contributed by atoms with Crippen molar-refractivity contribution in [2.75, 3.05) is 0 Å². The SMILES string of the molecule is CCCc1nccn1-c1cc(C(F)(F)F)cc(Cl)n1. The number of aryl methyl sites for hydroxylation is 1. The maximum absolute atomic E-state index is 12.7. The normalized spacial score (nSPS) is 11.8. The van der Waals surface area contributed by atoms with Gasteiger partial charge in [-0.15, -0.1) is 0 Å². The molecule has 7 heteroatoms. The van der Waals surface area contributed by atoms with Crippen LogP contribution in [0.3, 0.4) is 0 Å². The van der Waals surface area contributed by atoms with E-state index in [2.05, 4.69) is 9.97 Å². The number of halogens is 4. The predicted octanol–water partition coefficient (Wildman–Crippen LogP) is 3.89. The summed E-state index contributed by atoms with van der Waals surface area (Å²) in [4.78, 5) is 8.02. The zero-order valence-electron chi connectivity index (χ0n) is 10.1. The Balaban J connectivity index is 2.50. The minimum Gasteiger partial charge on any atom is -0.288 e. The van der Waals surface area contributed by atoms with Gasteiger partial charge in [0.2, 0.25) is 0 Å². The highest BCUT2D eigenvalue weighted by molar-refractivity contribution is 6.29. The monoisotopic (exact) mass is 289 g/mol. The van der Waals surface area contributed by atoms with Crippen molar-refractivity contribution in [1.29, 1.82) is 0 Å². The smallest absolute Gasteiger partial charge is 0.288 e. The third-order valence-corrected chi connectivity index (χ3v) is 2.74. The predicted molar refractivity (Wildman–Crippen MR) is 65.4 cm³/mol. The van der Waals surface area contributed by atoms with E-state index in [4.69, 9.17) is 11.6 Å². The van der Waals surface area contributed by atoms with Crippen molar-refractivity contribution in [1.82, 2.24) is 14.5 Å². The van der Waals surface area contributed by atoms with E-state index in [0.29, 0.717) is 12.2 Å². The molecule has 0 aliphatic carbocycles. The van der Waals surface area contributed by atoms with Crippen molar-refractivity contribution in [2.45, 2.75) is 25.9 Å². The van der Waals surface area contributed by atoms with Crippen LogP contribution in [0.15, 0.2) is 24.5 Å². The second kappa shape index (κ2) is 5.21. The number of rotatable bonds is 3.